The lowest BCUT2D eigenvalue weighted by atomic mass is 9.90. The number of rotatable bonds is 2. The van der Waals surface area contributed by atoms with E-state index >= 15 is 0 Å². The van der Waals surface area contributed by atoms with E-state index < -0.39 is 0 Å². The average molecular weight is 388 g/mol. The molecule has 0 saturated carbocycles. The molecule has 1 aromatic carbocycles. The van der Waals surface area contributed by atoms with Gasteiger partial charge in [-0.25, -0.2) is 0 Å². The van der Waals surface area contributed by atoms with Gasteiger partial charge in [0.15, 0.2) is 5.82 Å². The first-order chi connectivity index (χ1) is 14.0. The lowest BCUT2D eigenvalue weighted by molar-refractivity contribution is 0.341. The topological polar surface area (TPSA) is 46.8 Å². The van der Waals surface area contributed by atoms with E-state index in [1.807, 2.05) is 6.20 Å². The Morgan fingerprint density at radius 3 is 2.45 bits per heavy atom. The van der Waals surface area contributed by atoms with Crippen LogP contribution in [0.1, 0.15) is 56.0 Å². The number of nitrogens with zero attached hydrogens (tertiary/aromatic N) is 5. The van der Waals surface area contributed by atoms with Crippen LogP contribution in [0.15, 0.2) is 36.5 Å². The lowest BCUT2D eigenvalue weighted by Crippen LogP contribution is -2.34. The van der Waals surface area contributed by atoms with Gasteiger partial charge in [0, 0.05) is 36.3 Å². The second kappa shape index (κ2) is 6.97. The molecule has 0 bridgehead atoms. The first-order valence-corrected chi connectivity index (χ1v) is 10.8. The fraction of sp³-hybridized carbons (Fsp3) is 0.458. The van der Waals surface area contributed by atoms with Gasteiger partial charge in [-0.1, -0.05) is 12.1 Å². The van der Waals surface area contributed by atoms with Gasteiger partial charge in [0.1, 0.15) is 0 Å². The number of aryl methyl sites for hydroxylation is 2. The number of fused-ring (bicyclic) bond motifs is 2. The second-order valence-corrected chi connectivity index (χ2v) is 9.34. The van der Waals surface area contributed by atoms with E-state index in [1.165, 1.54) is 53.6 Å². The molecule has 29 heavy (non-hydrogen) atoms. The molecule has 5 heteroatoms. The van der Waals surface area contributed by atoms with Crippen molar-refractivity contribution in [1.29, 1.82) is 0 Å². The molecule has 5 rings (SSSR count). The molecule has 0 radical (unpaired) electrons. The van der Waals surface area contributed by atoms with Crippen LogP contribution >= 0.6 is 0 Å². The molecule has 3 aromatic rings. The molecule has 0 spiro atoms. The Balaban J connectivity index is 1.35. The van der Waals surface area contributed by atoms with Crippen LogP contribution in [0.5, 0.6) is 0 Å². The quantitative estimate of drug-likeness (QED) is 0.648. The molecular weight excluding hydrogens is 358 g/mol. The minimum atomic E-state index is 0.0199. The summed E-state index contributed by atoms with van der Waals surface area (Å²) in [5, 5.41) is 13.8. The number of hydrogen-bond donors (Lipinski definition) is 0. The lowest BCUT2D eigenvalue weighted by Gasteiger charge is -2.30. The predicted octanol–water partition coefficient (Wildman–Crippen LogP) is 4.54. The molecule has 0 fully saturated rings. The highest BCUT2D eigenvalue weighted by Gasteiger charge is 2.26. The first-order valence-electron chi connectivity index (χ1n) is 10.8. The largest absolute Gasteiger partial charge is 0.350 e. The molecule has 3 heterocycles. The summed E-state index contributed by atoms with van der Waals surface area (Å²) in [6.45, 7) is 8.41. The fourth-order valence-electron chi connectivity index (χ4n) is 4.65. The Hall–Kier alpha value is -2.69. The van der Waals surface area contributed by atoms with Crippen molar-refractivity contribution < 1.29 is 0 Å². The van der Waals surface area contributed by atoms with E-state index in [0.29, 0.717) is 0 Å². The highest BCUT2D eigenvalue weighted by molar-refractivity contribution is 5.62. The predicted molar refractivity (Wildman–Crippen MR) is 116 cm³/mol. The van der Waals surface area contributed by atoms with Crippen molar-refractivity contribution in [2.75, 3.05) is 11.4 Å². The highest BCUT2D eigenvalue weighted by Crippen LogP contribution is 2.29. The molecule has 1 aliphatic carbocycles. The number of benzene rings is 1. The zero-order chi connectivity index (χ0) is 20.0. The molecule has 0 saturated heterocycles. The monoisotopic (exact) mass is 387 g/mol. The molecule has 1 aliphatic heterocycles. The van der Waals surface area contributed by atoms with Crippen molar-refractivity contribution in [2.24, 2.45) is 0 Å². The van der Waals surface area contributed by atoms with Crippen molar-refractivity contribution in [2.45, 2.75) is 65.0 Å². The maximum absolute atomic E-state index is 4.64. The number of hydrogen-bond acceptors (Lipinski definition) is 4. The molecular formula is C24H29N5. The van der Waals surface area contributed by atoms with Crippen LogP contribution < -0.4 is 4.90 Å². The van der Waals surface area contributed by atoms with Gasteiger partial charge in [0.2, 0.25) is 0 Å². The van der Waals surface area contributed by atoms with Crippen LogP contribution in [-0.4, -0.2) is 26.5 Å². The van der Waals surface area contributed by atoms with Crippen LogP contribution in [0.3, 0.4) is 0 Å². The first kappa shape index (κ1) is 18.3. The van der Waals surface area contributed by atoms with Crippen LogP contribution in [0.4, 0.5) is 5.82 Å². The summed E-state index contributed by atoms with van der Waals surface area (Å²) in [4.78, 5) is 2.31. The van der Waals surface area contributed by atoms with Gasteiger partial charge < -0.3 is 4.90 Å². The van der Waals surface area contributed by atoms with E-state index in [4.69, 9.17) is 0 Å². The van der Waals surface area contributed by atoms with E-state index in [2.05, 4.69) is 76.0 Å². The SMILES string of the molecule is CC(C)(C)n1ncc2c1CCN(c1ccc(-c3ccc4c(c3)CCCC4)nn1)C2. The Kier molecular flexibility index (Phi) is 4.41. The second-order valence-electron chi connectivity index (χ2n) is 9.34. The molecule has 2 aromatic heterocycles. The van der Waals surface area contributed by atoms with Crippen molar-refractivity contribution >= 4 is 5.82 Å². The van der Waals surface area contributed by atoms with Crippen molar-refractivity contribution in [3.8, 4) is 11.3 Å². The molecule has 2 aliphatic rings. The summed E-state index contributed by atoms with van der Waals surface area (Å²) in [7, 11) is 0. The Bertz CT molecular complexity index is 1030. The summed E-state index contributed by atoms with van der Waals surface area (Å²) < 4.78 is 2.17. The smallest absolute Gasteiger partial charge is 0.151 e. The third-order valence-electron chi connectivity index (χ3n) is 6.19. The molecule has 0 unspecified atom stereocenters. The van der Waals surface area contributed by atoms with E-state index in [0.717, 1.165) is 31.0 Å². The minimum absolute atomic E-state index is 0.0199. The summed E-state index contributed by atoms with van der Waals surface area (Å²) in [6.07, 6.45) is 8.01. The van der Waals surface area contributed by atoms with E-state index in [9.17, 15) is 0 Å². The van der Waals surface area contributed by atoms with Crippen LogP contribution in [-0.2, 0) is 31.3 Å². The Morgan fingerprint density at radius 2 is 1.69 bits per heavy atom. The number of aromatic nitrogens is 4. The van der Waals surface area contributed by atoms with Gasteiger partial charge in [-0.05, 0) is 75.8 Å². The van der Waals surface area contributed by atoms with Crippen molar-refractivity contribution in [3.05, 3.63) is 58.9 Å². The van der Waals surface area contributed by atoms with Crippen LogP contribution in [0.2, 0.25) is 0 Å². The summed E-state index contributed by atoms with van der Waals surface area (Å²) >= 11 is 0. The average Bonchev–Trinajstić information content (AvgIpc) is 3.17. The number of anilines is 1. The van der Waals surface area contributed by atoms with Gasteiger partial charge in [-0.15, -0.1) is 10.2 Å². The molecule has 150 valence electrons. The normalized spacial score (nSPS) is 16.4. The van der Waals surface area contributed by atoms with E-state index in [-0.39, 0.29) is 5.54 Å². The molecule has 0 atom stereocenters. The Morgan fingerprint density at radius 1 is 0.862 bits per heavy atom. The van der Waals surface area contributed by atoms with E-state index in [1.54, 1.807) is 0 Å². The zero-order valence-corrected chi connectivity index (χ0v) is 17.6. The standard InChI is InChI=1S/C24H29N5/c1-24(2,3)29-22-12-13-28(16-20(22)15-25-29)23-11-10-21(26-27-23)19-9-8-17-6-4-5-7-18(17)14-19/h8-11,14-15H,4-7,12-13,16H2,1-3H3. The van der Waals surface area contributed by atoms with Gasteiger partial charge in [0.25, 0.3) is 0 Å². The molecule has 5 nitrogen and oxygen atoms in total. The van der Waals surface area contributed by atoms with Gasteiger partial charge >= 0.3 is 0 Å². The van der Waals surface area contributed by atoms with Crippen LogP contribution in [0, 0.1) is 0 Å². The third kappa shape index (κ3) is 3.43. The summed E-state index contributed by atoms with van der Waals surface area (Å²) in [5.41, 5.74) is 7.80. The van der Waals surface area contributed by atoms with Crippen molar-refractivity contribution in [3.63, 3.8) is 0 Å². The van der Waals surface area contributed by atoms with Crippen molar-refractivity contribution in [1.82, 2.24) is 20.0 Å². The highest BCUT2D eigenvalue weighted by atomic mass is 15.3. The third-order valence-corrected chi connectivity index (χ3v) is 6.19. The van der Waals surface area contributed by atoms with Gasteiger partial charge in [0.05, 0.1) is 17.4 Å². The maximum Gasteiger partial charge on any atom is 0.151 e. The summed E-state index contributed by atoms with van der Waals surface area (Å²) in [6, 6.07) is 11.0. The zero-order valence-electron chi connectivity index (χ0n) is 17.6. The van der Waals surface area contributed by atoms with Crippen LogP contribution in [0.25, 0.3) is 11.3 Å². The molecule has 0 N–H and O–H groups in total. The van der Waals surface area contributed by atoms with Gasteiger partial charge in [-0.3, -0.25) is 4.68 Å². The summed E-state index contributed by atoms with van der Waals surface area (Å²) in [5.74, 6) is 0.945. The Labute approximate surface area is 172 Å². The van der Waals surface area contributed by atoms with Gasteiger partial charge in [-0.2, -0.15) is 5.10 Å². The maximum atomic E-state index is 4.64. The minimum Gasteiger partial charge on any atom is -0.350 e. The fourth-order valence-corrected chi connectivity index (χ4v) is 4.65. The molecule has 0 amide bonds.